The fraction of sp³-hybridized carbons (Fsp3) is 0.357. The Bertz CT molecular complexity index is 1350. The first-order valence-electron chi connectivity index (χ1n) is 12.7. The number of urea groups is 1. The number of hydrogen-bond acceptors (Lipinski definition) is 8. The molecule has 39 heavy (non-hydrogen) atoms. The van der Waals surface area contributed by atoms with Gasteiger partial charge in [0.25, 0.3) is 5.91 Å². The number of ether oxygens (including phenoxy) is 3. The Morgan fingerprint density at radius 3 is 2.79 bits per heavy atom. The summed E-state index contributed by atoms with van der Waals surface area (Å²) in [5, 5.41) is 12.8. The first kappa shape index (κ1) is 26.2. The molecule has 2 N–H and O–H groups in total. The van der Waals surface area contributed by atoms with Crippen LogP contribution >= 0.6 is 0 Å². The van der Waals surface area contributed by atoms with Crippen LogP contribution in [0.25, 0.3) is 11.1 Å². The van der Waals surface area contributed by atoms with E-state index >= 15 is 0 Å². The number of rotatable bonds is 6. The highest BCUT2D eigenvalue weighted by Gasteiger charge is 2.35. The van der Waals surface area contributed by atoms with Crippen LogP contribution in [0.4, 0.5) is 10.5 Å². The van der Waals surface area contributed by atoms with Gasteiger partial charge in [0.2, 0.25) is 12.7 Å². The summed E-state index contributed by atoms with van der Waals surface area (Å²) in [6.07, 6.45) is 4.54. The minimum absolute atomic E-state index is 0.150. The van der Waals surface area contributed by atoms with Crippen LogP contribution in [0.3, 0.4) is 0 Å². The van der Waals surface area contributed by atoms with Crippen molar-refractivity contribution in [3.05, 3.63) is 60.6 Å². The van der Waals surface area contributed by atoms with Gasteiger partial charge in [-0.25, -0.2) is 9.78 Å². The first-order chi connectivity index (χ1) is 18.8. The summed E-state index contributed by atoms with van der Waals surface area (Å²) >= 11 is 0. The number of aliphatic hydroxyl groups excluding tert-OH is 1. The predicted octanol–water partition coefficient (Wildman–Crippen LogP) is 3.26. The van der Waals surface area contributed by atoms with E-state index in [1.54, 1.807) is 61.7 Å². The maximum Gasteiger partial charge on any atom is 0.321 e. The van der Waals surface area contributed by atoms with Crippen molar-refractivity contribution in [2.45, 2.75) is 26.0 Å². The van der Waals surface area contributed by atoms with E-state index in [1.165, 1.54) is 4.90 Å². The second kappa shape index (κ2) is 11.2. The molecule has 0 aliphatic carbocycles. The molecule has 2 aliphatic rings. The molecule has 4 heterocycles. The Labute approximate surface area is 226 Å². The summed E-state index contributed by atoms with van der Waals surface area (Å²) in [5.74, 6) is 0.945. The van der Waals surface area contributed by atoms with E-state index in [1.807, 2.05) is 19.1 Å². The molecule has 11 nitrogen and oxygen atoms in total. The molecule has 11 heteroatoms. The Kier molecular flexibility index (Phi) is 7.51. The maximum atomic E-state index is 13.6. The lowest BCUT2D eigenvalue weighted by atomic mass is 9.99. The van der Waals surface area contributed by atoms with Gasteiger partial charge in [0.15, 0.2) is 11.5 Å². The number of benzene rings is 1. The molecule has 204 valence electrons. The lowest BCUT2D eigenvalue weighted by Gasteiger charge is -2.37. The van der Waals surface area contributed by atoms with Crippen molar-refractivity contribution < 1.29 is 28.9 Å². The van der Waals surface area contributed by atoms with E-state index in [4.69, 9.17) is 14.2 Å². The number of nitrogens with zero attached hydrogens (tertiary/aromatic N) is 4. The smallest absolute Gasteiger partial charge is 0.321 e. The van der Waals surface area contributed by atoms with Crippen LogP contribution in [-0.4, -0.2) is 82.5 Å². The maximum absolute atomic E-state index is 13.6. The third-order valence-corrected chi connectivity index (χ3v) is 6.94. The molecule has 1 aromatic carbocycles. The number of aromatic nitrogens is 2. The Hall–Kier alpha value is -4.38. The summed E-state index contributed by atoms with van der Waals surface area (Å²) in [4.78, 5) is 38.5. The third kappa shape index (κ3) is 5.58. The van der Waals surface area contributed by atoms with Gasteiger partial charge < -0.3 is 34.4 Å². The van der Waals surface area contributed by atoms with E-state index in [9.17, 15) is 14.7 Å². The van der Waals surface area contributed by atoms with E-state index < -0.39 is 12.1 Å². The zero-order chi connectivity index (χ0) is 27.5. The van der Waals surface area contributed by atoms with Crippen LogP contribution < -0.4 is 19.5 Å². The number of carbonyl (C=O) groups is 2. The van der Waals surface area contributed by atoms with Crippen molar-refractivity contribution in [2.24, 2.45) is 5.92 Å². The zero-order valence-electron chi connectivity index (χ0n) is 22.0. The van der Waals surface area contributed by atoms with Crippen LogP contribution in [0.5, 0.6) is 17.4 Å². The van der Waals surface area contributed by atoms with E-state index in [0.29, 0.717) is 29.3 Å². The van der Waals surface area contributed by atoms with Crippen molar-refractivity contribution >= 4 is 17.6 Å². The van der Waals surface area contributed by atoms with Gasteiger partial charge in [0.1, 0.15) is 11.7 Å². The fourth-order valence-electron chi connectivity index (χ4n) is 4.56. The molecule has 2 aromatic heterocycles. The van der Waals surface area contributed by atoms with E-state index in [2.05, 4.69) is 15.3 Å². The molecule has 0 bridgehead atoms. The monoisotopic (exact) mass is 533 g/mol. The predicted molar refractivity (Wildman–Crippen MR) is 143 cm³/mol. The molecule has 2 aliphatic heterocycles. The van der Waals surface area contributed by atoms with E-state index in [-0.39, 0.29) is 43.7 Å². The summed E-state index contributed by atoms with van der Waals surface area (Å²) < 4.78 is 17.0. The number of pyridine rings is 2. The standard InChI is InChI=1S/C28H31N5O6/c1-17-13-33(18(2)15-34)27(35)22-9-20(19-5-4-8-29-11-19)12-30-26(22)39-25(17)14-32(3)28(36)31-21-6-7-23-24(10-21)38-16-37-23/h4-12,17-18,25,34H,13-16H2,1-3H3,(H,31,36)/t17-,18+,25+/m0/s1. The molecule has 0 fully saturated rings. The minimum Gasteiger partial charge on any atom is -0.472 e. The molecular weight excluding hydrogens is 502 g/mol. The van der Waals surface area contributed by atoms with Gasteiger partial charge in [-0.3, -0.25) is 9.78 Å². The summed E-state index contributed by atoms with van der Waals surface area (Å²) in [5.41, 5.74) is 2.40. The Morgan fingerprint density at radius 1 is 1.21 bits per heavy atom. The van der Waals surface area contributed by atoms with Crippen LogP contribution in [0.1, 0.15) is 24.2 Å². The van der Waals surface area contributed by atoms with Gasteiger partial charge in [-0.05, 0) is 31.2 Å². The molecule has 0 saturated heterocycles. The lowest BCUT2D eigenvalue weighted by molar-refractivity contribution is 0.0356. The Morgan fingerprint density at radius 2 is 2.03 bits per heavy atom. The molecule has 0 radical (unpaired) electrons. The number of amides is 3. The van der Waals surface area contributed by atoms with Crippen molar-refractivity contribution in [3.63, 3.8) is 0 Å². The van der Waals surface area contributed by atoms with Gasteiger partial charge in [-0.15, -0.1) is 0 Å². The second-order valence-electron chi connectivity index (χ2n) is 9.82. The normalized spacial score (nSPS) is 18.9. The highest BCUT2D eigenvalue weighted by Crippen LogP contribution is 2.34. The number of carbonyl (C=O) groups excluding carboxylic acids is 2. The summed E-state index contributed by atoms with van der Waals surface area (Å²) in [6.45, 7) is 4.28. The largest absolute Gasteiger partial charge is 0.472 e. The van der Waals surface area contributed by atoms with Gasteiger partial charge in [-0.1, -0.05) is 13.0 Å². The van der Waals surface area contributed by atoms with Crippen molar-refractivity contribution in [1.29, 1.82) is 0 Å². The molecule has 3 aromatic rings. The third-order valence-electron chi connectivity index (χ3n) is 6.94. The van der Waals surface area contributed by atoms with Gasteiger partial charge in [-0.2, -0.15) is 0 Å². The molecular formula is C28H31N5O6. The average molecular weight is 534 g/mol. The number of aliphatic hydroxyl groups is 1. The van der Waals surface area contributed by atoms with Crippen LogP contribution in [-0.2, 0) is 0 Å². The molecule has 5 rings (SSSR count). The highest BCUT2D eigenvalue weighted by molar-refractivity contribution is 5.98. The molecule has 3 atom stereocenters. The minimum atomic E-state index is -0.477. The van der Waals surface area contributed by atoms with Crippen LogP contribution in [0, 0.1) is 5.92 Å². The Balaban J connectivity index is 1.38. The van der Waals surface area contributed by atoms with Crippen molar-refractivity contribution in [2.75, 3.05) is 38.9 Å². The molecule has 0 unspecified atom stereocenters. The fourth-order valence-corrected chi connectivity index (χ4v) is 4.56. The second-order valence-corrected chi connectivity index (χ2v) is 9.82. The first-order valence-corrected chi connectivity index (χ1v) is 12.7. The number of anilines is 1. The summed E-state index contributed by atoms with van der Waals surface area (Å²) in [6, 6.07) is 9.89. The number of likely N-dealkylation sites (N-methyl/N-ethyl adjacent to an activating group) is 1. The van der Waals surface area contributed by atoms with Crippen LogP contribution in [0.15, 0.2) is 55.0 Å². The SMILES string of the molecule is C[C@H](CO)N1C[C@H](C)[C@@H](CN(C)C(=O)Nc2ccc3c(c2)OCO3)Oc2ncc(-c3cccnc3)cc2C1=O. The van der Waals surface area contributed by atoms with Gasteiger partial charge >= 0.3 is 6.03 Å². The quantitative estimate of drug-likeness (QED) is 0.495. The van der Waals surface area contributed by atoms with E-state index in [0.717, 1.165) is 11.1 Å². The van der Waals surface area contributed by atoms with Gasteiger partial charge in [0, 0.05) is 61.0 Å². The lowest BCUT2D eigenvalue weighted by Crippen LogP contribution is -2.50. The number of fused-ring (bicyclic) bond motifs is 2. The number of hydrogen-bond donors (Lipinski definition) is 2. The summed E-state index contributed by atoms with van der Waals surface area (Å²) in [7, 11) is 1.68. The number of nitrogens with one attached hydrogen (secondary N) is 1. The molecule has 0 spiro atoms. The topological polar surface area (TPSA) is 126 Å². The average Bonchev–Trinajstić information content (AvgIpc) is 3.42. The highest BCUT2D eigenvalue weighted by atomic mass is 16.7. The van der Waals surface area contributed by atoms with Gasteiger partial charge in [0.05, 0.1) is 19.2 Å². The molecule has 3 amide bonds. The zero-order valence-corrected chi connectivity index (χ0v) is 22.0. The van der Waals surface area contributed by atoms with Crippen molar-refractivity contribution in [1.82, 2.24) is 19.8 Å². The molecule has 0 saturated carbocycles. The van der Waals surface area contributed by atoms with Crippen LogP contribution in [0.2, 0.25) is 0 Å². The van der Waals surface area contributed by atoms with Crippen molar-refractivity contribution in [3.8, 4) is 28.5 Å².